The molecule has 0 aliphatic carbocycles. The highest BCUT2D eigenvalue weighted by Crippen LogP contribution is 2.24. The van der Waals surface area contributed by atoms with Gasteiger partial charge in [-0.3, -0.25) is 4.79 Å². The maximum atomic E-state index is 11.9. The summed E-state index contributed by atoms with van der Waals surface area (Å²) in [6, 6.07) is 7.43. The number of hydrogen-bond donors (Lipinski definition) is 2. The molecule has 2 atom stereocenters. The van der Waals surface area contributed by atoms with Gasteiger partial charge < -0.3 is 25.0 Å². The Bertz CT molecular complexity index is 654. The van der Waals surface area contributed by atoms with Gasteiger partial charge in [0.25, 0.3) is 0 Å². The Morgan fingerprint density at radius 2 is 2.14 bits per heavy atom. The molecule has 0 spiro atoms. The molecule has 0 radical (unpaired) electrons. The fourth-order valence-electron chi connectivity index (χ4n) is 2.65. The molecule has 0 saturated carbocycles. The number of para-hydroxylation sites is 1. The van der Waals surface area contributed by atoms with Crippen LogP contribution < -0.4 is 15.4 Å². The Morgan fingerprint density at radius 3 is 2.76 bits per heavy atom. The average molecular weight is 539 g/mol. The number of rotatable bonds is 9. The molecular formula is C20H32ClIN4O3. The Hall–Kier alpha value is -1.26. The smallest absolute Gasteiger partial charge is 0.243 e. The number of ether oxygens (including phenoxy) is 2. The molecule has 7 nitrogen and oxygen atoms in total. The number of benzene rings is 1. The number of halogens is 2. The van der Waals surface area contributed by atoms with Crippen LogP contribution in [0.2, 0.25) is 5.02 Å². The molecule has 164 valence electrons. The van der Waals surface area contributed by atoms with Crippen molar-refractivity contribution in [1.82, 2.24) is 15.5 Å². The van der Waals surface area contributed by atoms with Crippen LogP contribution in [0.15, 0.2) is 29.3 Å². The summed E-state index contributed by atoms with van der Waals surface area (Å²) >= 11 is 6.19. The van der Waals surface area contributed by atoms with Crippen LogP contribution in [0, 0.1) is 5.92 Å². The van der Waals surface area contributed by atoms with Crippen LogP contribution in [0.4, 0.5) is 0 Å². The predicted octanol–water partition coefficient (Wildman–Crippen LogP) is 2.78. The van der Waals surface area contributed by atoms with Crippen molar-refractivity contribution in [3.05, 3.63) is 29.3 Å². The summed E-state index contributed by atoms with van der Waals surface area (Å²) in [5, 5.41) is 7.19. The number of likely N-dealkylation sites (N-methyl/N-ethyl adjacent to an activating group) is 1. The number of guanidine groups is 1. The van der Waals surface area contributed by atoms with Crippen LogP contribution in [0.25, 0.3) is 0 Å². The van der Waals surface area contributed by atoms with Crippen LogP contribution in [0.3, 0.4) is 0 Å². The third kappa shape index (κ3) is 9.39. The SMILES string of the molecule is CCC(CNC(=NCC(=O)N(C)C)NCC1CCOC1)Oc1ccccc1Cl.I. The third-order valence-electron chi connectivity index (χ3n) is 4.54. The normalized spacial score (nSPS) is 17.2. The molecule has 1 aromatic carbocycles. The second kappa shape index (κ2) is 13.9. The van der Waals surface area contributed by atoms with E-state index in [0.29, 0.717) is 29.2 Å². The predicted molar refractivity (Wildman–Crippen MR) is 128 cm³/mol. The van der Waals surface area contributed by atoms with E-state index in [-0.39, 0.29) is 42.5 Å². The standard InChI is InChI=1S/C20H31ClN4O3.HI/c1-4-16(28-18-8-6-5-7-17(18)21)12-23-20(24-13-19(26)25(2)3)22-11-15-9-10-27-14-15;/h5-8,15-16H,4,9-14H2,1-3H3,(H2,22,23,24);1H. The molecule has 1 saturated heterocycles. The maximum Gasteiger partial charge on any atom is 0.243 e. The van der Waals surface area contributed by atoms with Gasteiger partial charge >= 0.3 is 0 Å². The van der Waals surface area contributed by atoms with Crippen LogP contribution in [0.1, 0.15) is 19.8 Å². The van der Waals surface area contributed by atoms with Crippen LogP contribution in [-0.2, 0) is 9.53 Å². The highest BCUT2D eigenvalue weighted by molar-refractivity contribution is 14.0. The maximum absolute atomic E-state index is 11.9. The Morgan fingerprint density at radius 1 is 1.38 bits per heavy atom. The van der Waals surface area contributed by atoms with E-state index in [2.05, 4.69) is 22.5 Å². The first-order valence-corrected chi connectivity index (χ1v) is 10.1. The van der Waals surface area contributed by atoms with Gasteiger partial charge in [-0.15, -0.1) is 24.0 Å². The zero-order valence-electron chi connectivity index (χ0n) is 17.3. The molecule has 1 aromatic rings. The molecule has 0 aromatic heterocycles. The van der Waals surface area contributed by atoms with Crippen molar-refractivity contribution in [2.75, 3.05) is 46.9 Å². The quantitative estimate of drug-likeness (QED) is 0.287. The van der Waals surface area contributed by atoms with E-state index in [0.717, 1.165) is 32.6 Å². The zero-order valence-corrected chi connectivity index (χ0v) is 20.4. The van der Waals surface area contributed by atoms with Gasteiger partial charge in [-0.05, 0) is 25.0 Å². The molecule has 2 unspecified atom stereocenters. The van der Waals surface area contributed by atoms with Gasteiger partial charge in [0.1, 0.15) is 18.4 Å². The molecule has 1 aliphatic heterocycles. The minimum absolute atomic E-state index is 0. The largest absolute Gasteiger partial charge is 0.487 e. The second-order valence-corrected chi connectivity index (χ2v) is 7.43. The summed E-state index contributed by atoms with van der Waals surface area (Å²) in [5.74, 6) is 1.67. The van der Waals surface area contributed by atoms with Crippen molar-refractivity contribution in [1.29, 1.82) is 0 Å². The summed E-state index contributed by atoms with van der Waals surface area (Å²) in [7, 11) is 3.44. The lowest BCUT2D eigenvalue weighted by Gasteiger charge is -2.21. The van der Waals surface area contributed by atoms with Gasteiger partial charge in [0.15, 0.2) is 5.96 Å². The van der Waals surface area contributed by atoms with Gasteiger partial charge in [0.2, 0.25) is 5.91 Å². The fourth-order valence-corrected chi connectivity index (χ4v) is 2.83. The molecule has 1 amide bonds. The van der Waals surface area contributed by atoms with Crippen molar-refractivity contribution in [3.63, 3.8) is 0 Å². The topological polar surface area (TPSA) is 75.2 Å². The molecule has 1 aliphatic rings. The monoisotopic (exact) mass is 538 g/mol. The van der Waals surface area contributed by atoms with Gasteiger partial charge in [-0.2, -0.15) is 0 Å². The molecule has 1 fully saturated rings. The Kier molecular flexibility index (Phi) is 12.3. The first-order valence-electron chi connectivity index (χ1n) is 9.70. The summed E-state index contributed by atoms with van der Waals surface area (Å²) in [6.07, 6.45) is 1.76. The first-order chi connectivity index (χ1) is 13.5. The summed E-state index contributed by atoms with van der Waals surface area (Å²) in [4.78, 5) is 17.8. The van der Waals surface area contributed by atoms with E-state index >= 15 is 0 Å². The van der Waals surface area contributed by atoms with Gasteiger partial charge in [-0.1, -0.05) is 30.7 Å². The summed E-state index contributed by atoms with van der Waals surface area (Å²) in [5.41, 5.74) is 0. The Balaban J connectivity index is 0.00000420. The third-order valence-corrected chi connectivity index (χ3v) is 4.85. The van der Waals surface area contributed by atoms with Crippen molar-refractivity contribution in [2.45, 2.75) is 25.9 Å². The minimum Gasteiger partial charge on any atom is -0.487 e. The van der Waals surface area contributed by atoms with Crippen LogP contribution >= 0.6 is 35.6 Å². The van der Waals surface area contributed by atoms with Crippen molar-refractivity contribution in [3.8, 4) is 5.75 Å². The number of hydrogen-bond acceptors (Lipinski definition) is 4. The number of nitrogens with one attached hydrogen (secondary N) is 2. The van der Waals surface area contributed by atoms with Crippen LogP contribution in [-0.4, -0.2) is 69.8 Å². The molecular weight excluding hydrogens is 507 g/mol. The average Bonchev–Trinajstić information content (AvgIpc) is 3.20. The lowest BCUT2D eigenvalue weighted by atomic mass is 10.1. The van der Waals surface area contributed by atoms with E-state index in [1.807, 2.05) is 24.3 Å². The zero-order chi connectivity index (χ0) is 20.4. The summed E-state index contributed by atoms with van der Waals surface area (Å²) in [6.45, 7) is 5.00. The van der Waals surface area contributed by atoms with E-state index in [1.54, 1.807) is 14.1 Å². The molecule has 0 bridgehead atoms. The van der Waals surface area contributed by atoms with Crippen molar-refractivity contribution < 1.29 is 14.3 Å². The first kappa shape index (κ1) is 25.8. The number of nitrogens with zero attached hydrogens (tertiary/aromatic N) is 2. The molecule has 2 rings (SSSR count). The van der Waals surface area contributed by atoms with Gasteiger partial charge in [0.05, 0.1) is 18.2 Å². The van der Waals surface area contributed by atoms with E-state index in [1.165, 1.54) is 4.90 Å². The van der Waals surface area contributed by atoms with Gasteiger partial charge in [0, 0.05) is 33.2 Å². The van der Waals surface area contributed by atoms with Gasteiger partial charge in [-0.25, -0.2) is 4.99 Å². The number of aliphatic imine (C=N–C) groups is 1. The number of carbonyl (C=O) groups is 1. The van der Waals surface area contributed by atoms with Crippen molar-refractivity contribution >= 4 is 47.4 Å². The molecule has 2 N–H and O–H groups in total. The van der Waals surface area contributed by atoms with E-state index in [4.69, 9.17) is 21.1 Å². The number of amides is 1. The van der Waals surface area contributed by atoms with Crippen LogP contribution in [0.5, 0.6) is 5.75 Å². The van der Waals surface area contributed by atoms with Crippen molar-refractivity contribution in [2.24, 2.45) is 10.9 Å². The minimum atomic E-state index is -0.0775. The molecule has 1 heterocycles. The molecule has 9 heteroatoms. The lowest BCUT2D eigenvalue weighted by Crippen LogP contribution is -2.44. The lowest BCUT2D eigenvalue weighted by molar-refractivity contribution is -0.127. The summed E-state index contributed by atoms with van der Waals surface area (Å²) < 4.78 is 11.4. The second-order valence-electron chi connectivity index (χ2n) is 7.02. The molecule has 29 heavy (non-hydrogen) atoms. The van der Waals surface area contributed by atoms with E-state index in [9.17, 15) is 4.79 Å². The Labute approximate surface area is 195 Å². The highest BCUT2D eigenvalue weighted by atomic mass is 127. The van der Waals surface area contributed by atoms with E-state index < -0.39 is 0 Å². The number of carbonyl (C=O) groups excluding carboxylic acids is 1. The fraction of sp³-hybridized carbons (Fsp3) is 0.600. The highest BCUT2D eigenvalue weighted by Gasteiger charge is 2.17.